The van der Waals surface area contributed by atoms with Crippen molar-refractivity contribution in [2.75, 3.05) is 7.05 Å². The van der Waals surface area contributed by atoms with Gasteiger partial charge in [-0.25, -0.2) is 9.97 Å². The molecule has 0 unspecified atom stereocenters. The number of aromatic nitrogens is 3. The third-order valence-corrected chi connectivity index (χ3v) is 3.08. The Morgan fingerprint density at radius 2 is 2.04 bits per heavy atom. The Morgan fingerprint density at radius 3 is 2.61 bits per heavy atom. The summed E-state index contributed by atoms with van der Waals surface area (Å²) < 4.78 is 31.6. The number of hydrogen-bond donors (Lipinski definition) is 2. The molecule has 2 aromatic heterocycles. The summed E-state index contributed by atoms with van der Waals surface area (Å²) in [4.78, 5) is 12.1. The molecule has 0 aliphatic carbocycles. The van der Waals surface area contributed by atoms with E-state index in [0.29, 0.717) is 18.4 Å². The minimum atomic E-state index is -2.62. The molecule has 23 heavy (non-hydrogen) atoms. The lowest BCUT2D eigenvalue weighted by Crippen LogP contribution is -2.37. The Labute approximate surface area is 149 Å². The van der Waals surface area contributed by atoms with Crippen LogP contribution in [0.15, 0.2) is 21.8 Å². The molecular weight excluding hydrogens is 421 g/mol. The monoisotopic (exact) mass is 440 g/mol. The van der Waals surface area contributed by atoms with Crippen LogP contribution in [0, 0.1) is 13.8 Å². The standard InChI is InChI=1S/C13H18F2N6O.HI/c1-8-9(2)22-11(20-8)7-19-13(16-3)18-6-10-17-4-5-21(10)12(14)15;/h4-5,12H,6-7H2,1-3H3,(H2,16,18,19);1H. The van der Waals surface area contributed by atoms with E-state index in [1.807, 2.05) is 13.8 Å². The van der Waals surface area contributed by atoms with Gasteiger partial charge in [-0.2, -0.15) is 8.78 Å². The number of oxazole rings is 1. The summed E-state index contributed by atoms with van der Waals surface area (Å²) in [6.45, 7) is 1.55. The summed E-state index contributed by atoms with van der Waals surface area (Å²) in [6.07, 6.45) is 2.56. The van der Waals surface area contributed by atoms with Crippen LogP contribution in [-0.4, -0.2) is 27.5 Å². The molecule has 0 aliphatic heterocycles. The van der Waals surface area contributed by atoms with Crippen LogP contribution in [0.1, 0.15) is 29.7 Å². The molecule has 0 spiro atoms. The largest absolute Gasteiger partial charge is 0.444 e. The van der Waals surface area contributed by atoms with Gasteiger partial charge in [0.2, 0.25) is 5.89 Å². The summed E-state index contributed by atoms with van der Waals surface area (Å²) in [7, 11) is 1.58. The van der Waals surface area contributed by atoms with Crippen molar-refractivity contribution in [3.8, 4) is 0 Å². The lowest BCUT2D eigenvalue weighted by molar-refractivity contribution is 0.0668. The fourth-order valence-corrected chi connectivity index (χ4v) is 1.82. The molecule has 2 N–H and O–H groups in total. The third kappa shape index (κ3) is 5.15. The van der Waals surface area contributed by atoms with Crippen LogP contribution in [0.25, 0.3) is 0 Å². The highest BCUT2D eigenvalue weighted by Crippen LogP contribution is 2.12. The van der Waals surface area contributed by atoms with Gasteiger partial charge in [-0.3, -0.25) is 9.56 Å². The average Bonchev–Trinajstić information content (AvgIpc) is 3.06. The summed E-state index contributed by atoms with van der Waals surface area (Å²) in [6, 6.07) is 0. The molecule has 0 atom stereocenters. The number of rotatable bonds is 5. The number of imidazole rings is 1. The number of nitrogens with zero attached hydrogens (tertiary/aromatic N) is 4. The molecule has 2 heterocycles. The molecule has 0 fully saturated rings. The van der Waals surface area contributed by atoms with E-state index in [1.54, 1.807) is 7.05 Å². The van der Waals surface area contributed by atoms with E-state index < -0.39 is 6.55 Å². The number of hydrogen-bond acceptors (Lipinski definition) is 4. The Hall–Kier alpha value is -1.72. The summed E-state index contributed by atoms with van der Waals surface area (Å²) in [5, 5.41) is 5.91. The zero-order valence-electron chi connectivity index (χ0n) is 13.0. The Balaban J connectivity index is 0.00000264. The van der Waals surface area contributed by atoms with Gasteiger partial charge < -0.3 is 15.1 Å². The molecule has 128 valence electrons. The smallest absolute Gasteiger partial charge is 0.319 e. The quantitative estimate of drug-likeness (QED) is 0.424. The van der Waals surface area contributed by atoms with Gasteiger partial charge in [-0.05, 0) is 13.8 Å². The minimum Gasteiger partial charge on any atom is -0.444 e. The number of nitrogens with one attached hydrogen (secondary N) is 2. The van der Waals surface area contributed by atoms with Crippen LogP contribution in [0.3, 0.4) is 0 Å². The first-order valence-electron chi connectivity index (χ1n) is 6.68. The van der Waals surface area contributed by atoms with Crippen molar-refractivity contribution in [3.63, 3.8) is 0 Å². The van der Waals surface area contributed by atoms with Gasteiger partial charge in [0.15, 0.2) is 5.96 Å². The van der Waals surface area contributed by atoms with Gasteiger partial charge in [-0.15, -0.1) is 24.0 Å². The molecular formula is C13H19F2IN6O. The lowest BCUT2D eigenvalue weighted by Gasteiger charge is -2.11. The van der Waals surface area contributed by atoms with Gasteiger partial charge in [0.05, 0.1) is 18.8 Å². The maximum absolute atomic E-state index is 12.7. The Morgan fingerprint density at radius 1 is 1.35 bits per heavy atom. The number of halogens is 3. The average molecular weight is 440 g/mol. The van der Waals surface area contributed by atoms with Gasteiger partial charge >= 0.3 is 6.55 Å². The summed E-state index contributed by atoms with van der Waals surface area (Å²) in [5.41, 5.74) is 0.832. The van der Waals surface area contributed by atoms with Crippen LogP contribution in [-0.2, 0) is 13.1 Å². The normalized spacial score (nSPS) is 11.5. The zero-order chi connectivity index (χ0) is 16.1. The second-order valence-corrected chi connectivity index (χ2v) is 4.56. The molecule has 0 amide bonds. The molecule has 0 bridgehead atoms. The number of aliphatic imine (C=N–C) groups is 1. The Bertz CT molecular complexity index is 635. The summed E-state index contributed by atoms with van der Waals surface area (Å²) >= 11 is 0. The second-order valence-electron chi connectivity index (χ2n) is 4.56. The first kappa shape index (κ1) is 19.3. The van der Waals surface area contributed by atoms with Crippen molar-refractivity contribution in [2.45, 2.75) is 33.5 Å². The van der Waals surface area contributed by atoms with Crippen molar-refractivity contribution < 1.29 is 13.2 Å². The molecule has 0 aromatic carbocycles. The van der Waals surface area contributed by atoms with E-state index in [-0.39, 0.29) is 36.3 Å². The number of aryl methyl sites for hydroxylation is 2. The first-order chi connectivity index (χ1) is 10.5. The van der Waals surface area contributed by atoms with Gasteiger partial charge in [0.1, 0.15) is 11.6 Å². The third-order valence-electron chi connectivity index (χ3n) is 3.08. The fraction of sp³-hybridized carbons (Fsp3) is 0.462. The molecule has 7 nitrogen and oxygen atoms in total. The summed E-state index contributed by atoms with van der Waals surface area (Å²) in [5.74, 6) is 1.96. The zero-order valence-corrected chi connectivity index (χ0v) is 15.3. The molecule has 2 aromatic rings. The molecule has 2 rings (SSSR count). The predicted octanol–water partition coefficient (Wildman–Crippen LogP) is 2.37. The fourth-order valence-electron chi connectivity index (χ4n) is 1.82. The SMILES string of the molecule is CN=C(NCc1nc(C)c(C)o1)NCc1nccn1C(F)F.I. The van der Waals surface area contributed by atoms with Gasteiger partial charge in [0.25, 0.3) is 0 Å². The van der Waals surface area contributed by atoms with Crippen molar-refractivity contribution in [2.24, 2.45) is 4.99 Å². The van der Waals surface area contributed by atoms with Gasteiger partial charge in [-0.1, -0.05) is 0 Å². The molecule has 10 heteroatoms. The van der Waals surface area contributed by atoms with Gasteiger partial charge in [0, 0.05) is 19.4 Å². The highest BCUT2D eigenvalue weighted by Gasteiger charge is 2.12. The van der Waals surface area contributed by atoms with Crippen LogP contribution in [0.5, 0.6) is 0 Å². The van der Waals surface area contributed by atoms with E-state index in [2.05, 4.69) is 25.6 Å². The van der Waals surface area contributed by atoms with Crippen LogP contribution in [0.2, 0.25) is 0 Å². The van der Waals surface area contributed by atoms with E-state index in [1.165, 1.54) is 12.4 Å². The molecule has 0 radical (unpaired) electrons. The highest BCUT2D eigenvalue weighted by atomic mass is 127. The van der Waals surface area contributed by atoms with Crippen LogP contribution >= 0.6 is 24.0 Å². The van der Waals surface area contributed by atoms with E-state index in [4.69, 9.17) is 4.42 Å². The van der Waals surface area contributed by atoms with E-state index in [0.717, 1.165) is 16.0 Å². The molecule has 0 saturated heterocycles. The highest BCUT2D eigenvalue weighted by molar-refractivity contribution is 14.0. The van der Waals surface area contributed by atoms with Crippen LogP contribution < -0.4 is 10.6 Å². The van der Waals surface area contributed by atoms with Crippen molar-refractivity contribution >= 4 is 29.9 Å². The van der Waals surface area contributed by atoms with E-state index >= 15 is 0 Å². The second kappa shape index (κ2) is 8.79. The number of alkyl halides is 2. The van der Waals surface area contributed by atoms with Crippen molar-refractivity contribution in [3.05, 3.63) is 35.6 Å². The van der Waals surface area contributed by atoms with Crippen molar-refractivity contribution in [1.82, 2.24) is 25.2 Å². The number of guanidine groups is 1. The first-order valence-corrected chi connectivity index (χ1v) is 6.68. The predicted molar refractivity (Wildman–Crippen MR) is 91.9 cm³/mol. The molecule has 0 saturated carbocycles. The molecule has 0 aliphatic rings. The maximum atomic E-state index is 12.7. The minimum absolute atomic E-state index is 0. The van der Waals surface area contributed by atoms with Crippen LogP contribution in [0.4, 0.5) is 8.78 Å². The van der Waals surface area contributed by atoms with E-state index in [9.17, 15) is 8.78 Å². The topological polar surface area (TPSA) is 80.3 Å². The van der Waals surface area contributed by atoms with Crippen molar-refractivity contribution in [1.29, 1.82) is 0 Å². The Kier molecular flexibility index (Phi) is 7.39. The lowest BCUT2D eigenvalue weighted by atomic mass is 10.4. The maximum Gasteiger partial charge on any atom is 0.319 e.